The molecule has 0 spiro atoms. The first-order valence-electron chi connectivity index (χ1n) is 0.783. The minimum Gasteiger partial charge on any atom is -1.00 e. The molecular formula is H4AsKO3S. The van der Waals surface area contributed by atoms with Crippen molar-refractivity contribution < 1.29 is 65.1 Å². The molecule has 0 aliphatic rings. The molecule has 0 bridgehead atoms. The summed E-state index contributed by atoms with van der Waals surface area (Å²) in [6, 6.07) is 0. The van der Waals surface area contributed by atoms with Crippen LogP contribution in [-0.4, -0.2) is 25.2 Å². The predicted molar refractivity (Wildman–Crippen MR) is 21.1 cm³/mol. The first kappa shape index (κ1) is 11.1. The Morgan fingerprint density at radius 3 is 1.33 bits per heavy atom. The average molecular weight is 198 g/mol. The van der Waals surface area contributed by atoms with Gasteiger partial charge in [0.25, 0.3) is 0 Å². The van der Waals surface area contributed by atoms with Gasteiger partial charge in [-0.3, -0.25) is 0 Å². The Labute approximate surface area is 86.6 Å². The average Bonchev–Trinajstić information content (AvgIpc) is 0.722. The molecule has 0 aliphatic heterocycles. The fraction of sp³-hybridized carbons (Fsp3) is 0. The van der Waals surface area contributed by atoms with E-state index in [1.807, 2.05) is 0 Å². The van der Waals surface area contributed by atoms with Crippen LogP contribution in [-0.2, 0) is 0 Å². The molecule has 0 atom stereocenters. The third-order valence-electron chi connectivity index (χ3n) is 0. The molecule has 3 nitrogen and oxygen atoms in total. The molecule has 0 rings (SSSR count). The molecular weight excluding hydrogens is 194 g/mol. The van der Waals surface area contributed by atoms with Gasteiger partial charge in [0.2, 0.25) is 0 Å². The molecule has 0 saturated carbocycles. The number of rotatable bonds is 0. The monoisotopic (exact) mass is 198 g/mol. The number of hydrogen-bond acceptors (Lipinski definition) is 1. The van der Waals surface area contributed by atoms with Gasteiger partial charge < -0.3 is 1.43 Å². The van der Waals surface area contributed by atoms with Crippen LogP contribution < -0.4 is 51.4 Å². The summed E-state index contributed by atoms with van der Waals surface area (Å²) < 4.78 is 22.9. The van der Waals surface area contributed by atoms with Gasteiger partial charge in [-0.15, -0.1) is 0 Å². The van der Waals surface area contributed by atoms with Crippen LogP contribution in [0.2, 0.25) is 0 Å². The minimum absolute atomic E-state index is 0. The summed E-state index contributed by atoms with van der Waals surface area (Å²) >= 11 is -4.29. The molecule has 0 aliphatic carbocycles. The molecule has 0 heterocycles. The Kier molecular flexibility index (Phi) is 7.80. The second kappa shape index (κ2) is 4.20. The van der Waals surface area contributed by atoms with Gasteiger partial charge in [0, 0.05) is 0 Å². The maximum absolute atomic E-state index is 7.62. The van der Waals surface area contributed by atoms with Crippen LogP contribution in [0.15, 0.2) is 0 Å². The maximum Gasteiger partial charge on any atom is 1.00 e. The largest absolute Gasteiger partial charge is 1.00 e. The Morgan fingerprint density at radius 2 is 1.33 bits per heavy atom. The van der Waals surface area contributed by atoms with Crippen LogP contribution >= 0.6 is 10.4 Å². The number of hydrogen-bond donors (Lipinski definition) is 3. The van der Waals surface area contributed by atoms with Crippen molar-refractivity contribution in [2.75, 3.05) is 0 Å². The summed E-state index contributed by atoms with van der Waals surface area (Å²) in [4.78, 5) is 0. The van der Waals surface area contributed by atoms with E-state index in [1.165, 1.54) is 0 Å². The van der Waals surface area contributed by atoms with Gasteiger partial charge in [-0.25, -0.2) is 0 Å². The van der Waals surface area contributed by atoms with Crippen LogP contribution in [0.4, 0.5) is 0 Å². The van der Waals surface area contributed by atoms with Crippen LogP contribution in [0.25, 0.3) is 0 Å². The first-order valence-corrected chi connectivity index (χ1v) is 5.96. The molecule has 0 saturated heterocycles. The van der Waals surface area contributed by atoms with E-state index in [4.69, 9.17) is 12.3 Å². The van der Waals surface area contributed by atoms with Gasteiger partial charge in [0.15, 0.2) is 0 Å². The minimum atomic E-state index is -4.29. The summed E-state index contributed by atoms with van der Waals surface area (Å²) in [5, 5.41) is 0. The second-order valence-corrected chi connectivity index (χ2v) is 5.21. The van der Waals surface area contributed by atoms with E-state index in [2.05, 4.69) is 10.4 Å². The van der Waals surface area contributed by atoms with Gasteiger partial charge in [0.1, 0.15) is 0 Å². The molecule has 0 unspecified atom stereocenters. The smallest absolute Gasteiger partial charge is 1.00 e. The predicted octanol–water partition coefficient (Wildman–Crippen LogP) is -4.29. The van der Waals surface area contributed by atoms with Gasteiger partial charge in [-0.05, 0) is 0 Å². The van der Waals surface area contributed by atoms with Crippen molar-refractivity contribution in [1.29, 1.82) is 0 Å². The van der Waals surface area contributed by atoms with Crippen molar-refractivity contribution in [2.24, 2.45) is 0 Å². The van der Waals surface area contributed by atoms with E-state index in [1.54, 1.807) is 0 Å². The van der Waals surface area contributed by atoms with Crippen LogP contribution in [0.1, 0.15) is 1.43 Å². The summed E-state index contributed by atoms with van der Waals surface area (Å²) in [5.41, 5.74) is 0. The third kappa shape index (κ3) is 33.5. The zero-order valence-electron chi connectivity index (χ0n) is 4.20. The Balaban J connectivity index is -0.0000000800. The first-order chi connectivity index (χ1) is 2.00. The van der Waals surface area contributed by atoms with Gasteiger partial charge in [0.05, 0.1) is 0 Å². The molecule has 6 heavy (non-hydrogen) atoms. The van der Waals surface area contributed by atoms with Crippen LogP contribution in [0, 0.1) is 0 Å². The molecule has 0 amide bonds. The standard InChI is InChI=1S/AsH3O3S.K.H/c2-1(3,4)5;;/h(H3,2,3,4,5);;/q;+1;-1. The van der Waals surface area contributed by atoms with Crippen molar-refractivity contribution in [1.82, 2.24) is 0 Å². The Hall–Kier alpha value is 2.29. The zero-order valence-corrected chi connectivity index (χ0v) is 9.01. The van der Waals surface area contributed by atoms with Gasteiger partial charge in [-0.2, -0.15) is 0 Å². The summed E-state index contributed by atoms with van der Waals surface area (Å²) in [5.74, 6) is 0. The van der Waals surface area contributed by atoms with E-state index in [9.17, 15) is 0 Å². The summed E-state index contributed by atoms with van der Waals surface area (Å²) in [6.45, 7) is 0. The SMILES string of the molecule is O[As](O)(O)=S.[H-].[K+]. The Bertz CT molecular complexity index is 61.1. The van der Waals surface area contributed by atoms with Crippen LogP contribution in [0.5, 0.6) is 0 Å². The topological polar surface area (TPSA) is 60.7 Å². The molecule has 0 aromatic carbocycles. The maximum atomic E-state index is 7.62. The van der Waals surface area contributed by atoms with Crippen molar-refractivity contribution >= 4 is 23.3 Å². The fourth-order valence-electron chi connectivity index (χ4n) is 0. The molecule has 0 aromatic heterocycles. The zero-order chi connectivity index (χ0) is 4.50. The summed E-state index contributed by atoms with van der Waals surface area (Å²) in [6.07, 6.45) is 0. The second-order valence-electron chi connectivity index (χ2n) is 0.513. The van der Waals surface area contributed by atoms with Crippen molar-refractivity contribution in [3.63, 3.8) is 0 Å². The molecule has 0 radical (unpaired) electrons. The molecule has 0 aromatic rings. The molecule has 3 N–H and O–H groups in total. The normalized spacial score (nSPS) is 9.83. The van der Waals surface area contributed by atoms with E-state index in [0.717, 1.165) is 0 Å². The fourth-order valence-corrected chi connectivity index (χ4v) is 0. The quantitative estimate of drug-likeness (QED) is 0.345. The van der Waals surface area contributed by atoms with Crippen molar-refractivity contribution in [3.05, 3.63) is 0 Å². The summed E-state index contributed by atoms with van der Waals surface area (Å²) in [7, 11) is 3.66. The van der Waals surface area contributed by atoms with Crippen molar-refractivity contribution in [3.8, 4) is 0 Å². The molecule has 34 valence electrons. The van der Waals surface area contributed by atoms with Gasteiger partial charge in [-0.1, -0.05) is 0 Å². The van der Waals surface area contributed by atoms with E-state index in [0.29, 0.717) is 0 Å². The van der Waals surface area contributed by atoms with E-state index < -0.39 is 12.9 Å². The Morgan fingerprint density at radius 1 is 1.33 bits per heavy atom. The van der Waals surface area contributed by atoms with E-state index in [-0.39, 0.29) is 52.8 Å². The van der Waals surface area contributed by atoms with Crippen molar-refractivity contribution in [2.45, 2.75) is 0 Å². The van der Waals surface area contributed by atoms with Crippen LogP contribution in [0.3, 0.4) is 0 Å². The molecule has 0 fully saturated rings. The van der Waals surface area contributed by atoms with E-state index >= 15 is 0 Å². The molecule has 6 heteroatoms. The third-order valence-corrected chi connectivity index (χ3v) is 0. The van der Waals surface area contributed by atoms with Gasteiger partial charge >= 0.3 is 87.0 Å².